The fraction of sp³-hybridized carbons (Fsp3) is 0.500. The van der Waals surface area contributed by atoms with Crippen molar-refractivity contribution in [3.63, 3.8) is 0 Å². The van der Waals surface area contributed by atoms with E-state index in [0.29, 0.717) is 6.42 Å². The van der Waals surface area contributed by atoms with Crippen molar-refractivity contribution in [2.75, 3.05) is 0 Å². The summed E-state index contributed by atoms with van der Waals surface area (Å²) >= 11 is 0. The van der Waals surface area contributed by atoms with Gasteiger partial charge in [-0.2, -0.15) is 0 Å². The van der Waals surface area contributed by atoms with Crippen LogP contribution in [0, 0.1) is 0 Å². The number of rotatable bonds is 4. The molecule has 0 saturated heterocycles. The van der Waals surface area contributed by atoms with Gasteiger partial charge in [-0.3, -0.25) is 0 Å². The lowest BCUT2D eigenvalue weighted by atomic mass is 9.88. The molecule has 0 saturated carbocycles. The van der Waals surface area contributed by atoms with Crippen LogP contribution in [0.1, 0.15) is 32.3 Å². The molecule has 0 fully saturated rings. The van der Waals surface area contributed by atoms with Crippen molar-refractivity contribution >= 4 is 0 Å². The minimum atomic E-state index is -1.14. The van der Waals surface area contributed by atoms with E-state index >= 15 is 0 Å². The maximum atomic E-state index is 10.1. The van der Waals surface area contributed by atoms with Gasteiger partial charge in [0.05, 0.1) is 6.10 Å². The molecule has 0 bridgehead atoms. The zero-order valence-corrected chi connectivity index (χ0v) is 8.77. The van der Waals surface area contributed by atoms with E-state index in [1.54, 1.807) is 6.92 Å². The Labute approximate surface area is 85.2 Å². The number of aliphatic hydroxyl groups is 2. The lowest BCUT2D eigenvalue weighted by molar-refractivity contribution is -0.0702. The highest BCUT2D eigenvalue weighted by molar-refractivity contribution is 5.22. The Morgan fingerprint density at radius 2 is 1.86 bits per heavy atom. The molecular weight excluding hydrogens is 176 g/mol. The third kappa shape index (κ3) is 2.34. The minimum absolute atomic E-state index is 0.613. The Kier molecular flexibility index (Phi) is 3.67. The van der Waals surface area contributed by atoms with E-state index in [1.165, 1.54) is 0 Å². The molecule has 0 aliphatic heterocycles. The van der Waals surface area contributed by atoms with Crippen LogP contribution in [0.3, 0.4) is 0 Å². The molecule has 1 aromatic carbocycles. The summed E-state index contributed by atoms with van der Waals surface area (Å²) in [4.78, 5) is 0. The van der Waals surface area contributed by atoms with E-state index < -0.39 is 11.7 Å². The third-order valence-corrected chi connectivity index (χ3v) is 2.57. The van der Waals surface area contributed by atoms with E-state index in [1.807, 2.05) is 37.3 Å². The normalized spacial score (nSPS) is 17.4. The topological polar surface area (TPSA) is 40.5 Å². The molecular formula is C12H18O2. The van der Waals surface area contributed by atoms with E-state index in [-0.39, 0.29) is 0 Å². The van der Waals surface area contributed by atoms with Gasteiger partial charge in [-0.15, -0.1) is 0 Å². The van der Waals surface area contributed by atoms with E-state index in [2.05, 4.69) is 0 Å². The number of hydrogen-bond donors (Lipinski definition) is 2. The summed E-state index contributed by atoms with van der Waals surface area (Å²) in [5, 5.41) is 19.9. The molecule has 2 unspecified atom stereocenters. The van der Waals surface area contributed by atoms with Crippen LogP contribution in [0.2, 0.25) is 0 Å². The monoisotopic (exact) mass is 194 g/mol. The van der Waals surface area contributed by atoms with Crippen LogP contribution in [0.25, 0.3) is 0 Å². The molecule has 0 aliphatic carbocycles. The van der Waals surface area contributed by atoms with Crippen LogP contribution in [0.15, 0.2) is 30.3 Å². The molecule has 1 aromatic rings. The predicted molar refractivity (Wildman–Crippen MR) is 56.9 cm³/mol. The van der Waals surface area contributed by atoms with E-state index in [4.69, 9.17) is 0 Å². The lowest BCUT2D eigenvalue weighted by Gasteiger charge is -2.29. The highest BCUT2D eigenvalue weighted by Gasteiger charge is 2.31. The summed E-state index contributed by atoms with van der Waals surface area (Å²) in [6.07, 6.45) is 0.779. The molecule has 1 rings (SSSR count). The van der Waals surface area contributed by atoms with Crippen molar-refractivity contribution in [2.24, 2.45) is 0 Å². The Morgan fingerprint density at radius 1 is 1.29 bits per heavy atom. The van der Waals surface area contributed by atoms with Crippen molar-refractivity contribution in [3.05, 3.63) is 35.9 Å². The second-order valence-electron chi connectivity index (χ2n) is 3.82. The largest absolute Gasteiger partial charge is 0.390 e. The molecule has 0 amide bonds. The Bertz CT molecular complexity index is 267. The molecule has 0 aromatic heterocycles. The van der Waals surface area contributed by atoms with Crippen molar-refractivity contribution in [1.29, 1.82) is 0 Å². The van der Waals surface area contributed by atoms with Gasteiger partial charge < -0.3 is 10.2 Å². The van der Waals surface area contributed by atoms with Crippen molar-refractivity contribution in [2.45, 2.75) is 38.4 Å². The summed E-state index contributed by atoms with van der Waals surface area (Å²) in [6.45, 7) is 3.65. The van der Waals surface area contributed by atoms with E-state index in [0.717, 1.165) is 12.0 Å². The molecule has 2 N–H and O–H groups in total. The molecule has 2 nitrogen and oxygen atoms in total. The van der Waals surface area contributed by atoms with Gasteiger partial charge in [-0.1, -0.05) is 43.7 Å². The second kappa shape index (κ2) is 4.58. The fourth-order valence-electron chi connectivity index (χ4n) is 1.52. The molecule has 14 heavy (non-hydrogen) atoms. The van der Waals surface area contributed by atoms with Gasteiger partial charge in [0, 0.05) is 0 Å². The maximum Gasteiger partial charge on any atom is 0.113 e. The fourth-order valence-corrected chi connectivity index (χ4v) is 1.52. The lowest BCUT2D eigenvalue weighted by Crippen LogP contribution is -2.36. The predicted octanol–water partition coefficient (Wildman–Crippen LogP) is 2.06. The first-order valence-corrected chi connectivity index (χ1v) is 5.05. The highest BCUT2D eigenvalue weighted by atomic mass is 16.3. The van der Waals surface area contributed by atoms with Crippen LogP contribution in [-0.2, 0) is 5.60 Å². The summed E-state index contributed by atoms with van der Waals surface area (Å²) in [6, 6.07) is 9.29. The van der Waals surface area contributed by atoms with Crippen molar-refractivity contribution < 1.29 is 10.2 Å². The Hall–Kier alpha value is -0.860. The summed E-state index contributed by atoms with van der Waals surface area (Å²) < 4.78 is 0. The first-order chi connectivity index (χ1) is 6.59. The minimum Gasteiger partial charge on any atom is -0.390 e. The first kappa shape index (κ1) is 11.2. The molecule has 2 heteroatoms. The molecule has 78 valence electrons. The molecule has 2 atom stereocenters. The highest BCUT2D eigenvalue weighted by Crippen LogP contribution is 2.26. The van der Waals surface area contributed by atoms with Gasteiger partial charge >= 0.3 is 0 Å². The van der Waals surface area contributed by atoms with Crippen molar-refractivity contribution in [1.82, 2.24) is 0 Å². The quantitative estimate of drug-likeness (QED) is 0.770. The average Bonchev–Trinajstić information content (AvgIpc) is 2.19. The van der Waals surface area contributed by atoms with Crippen LogP contribution >= 0.6 is 0 Å². The second-order valence-corrected chi connectivity index (χ2v) is 3.82. The van der Waals surface area contributed by atoms with E-state index in [9.17, 15) is 10.2 Å². The third-order valence-electron chi connectivity index (χ3n) is 2.57. The standard InChI is InChI=1S/C12H18O2/c1-3-7-11(13)12(2,14)10-8-5-4-6-9-10/h4-6,8-9,11,13-14H,3,7H2,1-2H3. The number of hydrogen-bond acceptors (Lipinski definition) is 2. The molecule has 0 radical (unpaired) electrons. The van der Waals surface area contributed by atoms with Gasteiger partial charge in [0.25, 0.3) is 0 Å². The SMILES string of the molecule is CCCC(O)C(C)(O)c1ccccc1. The zero-order chi connectivity index (χ0) is 10.6. The molecule has 0 spiro atoms. The average molecular weight is 194 g/mol. The van der Waals surface area contributed by atoms with Crippen molar-refractivity contribution in [3.8, 4) is 0 Å². The molecule has 0 heterocycles. The zero-order valence-electron chi connectivity index (χ0n) is 8.77. The van der Waals surface area contributed by atoms with Gasteiger partial charge in [0.1, 0.15) is 5.60 Å². The summed E-state index contributed by atoms with van der Waals surface area (Å²) in [5.74, 6) is 0. The number of aliphatic hydroxyl groups excluding tert-OH is 1. The number of benzene rings is 1. The molecule has 0 aliphatic rings. The first-order valence-electron chi connectivity index (χ1n) is 5.05. The summed E-state index contributed by atoms with van der Waals surface area (Å²) in [7, 11) is 0. The van der Waals surface area contributed by atoms with Gasteiger partial charge in [0.2, 0.25) is 0 Å². The van der Waals surface area contributed by atoms with Crippen LogP contribution in [0.5, 0.6) is 0 Å². The Morgan fingerprint density at radius 3 is 2.36 bits per heavy atom. The van der Waals surface area contributed by atoms with Gasteiger partial charge in [-0.05, 0) is 18.9 Å². The van der Waals surface area contributed by atoms with Crippen LogP contribution in [0.4, 0.5) is 0 Å². The maximum absolute atomic E-state index is 10.1. The van der Waals surface area contributed by atoms with Crippen LogP contribution in [-0.4, -0.2) is 16.3 Å². The Balaban J connectivity index is 2.84. The van der Waals surface area contributed by atoms with Crippen LogP contribution < -0.4 is 0 Å². The summed E-state index contributed by atoms with van der Waals surface area (Å²) in [5.41, 5.74) is -0.377. The van der Waals surface area contributed by atoms with Gasteiger partial charge in [0.15, 0.2) is 0 Å². The van der Waals surface area contributed by atoms with Gasteiger partial charge in [-0.25, -0.2) is 0 Å². The smallest absolute Gasteiger partial charge is 0.113 e.